The van der Waals surface area contributed by atoms with Crippen LogP contribution in [0.25, 0.3) is 21.0 Å². The molecule has 1 saturated heterocycles. The van der Waals surface area contributed by atoms with Crippen molar-refractivity contribution < 1.29 is 4.79 Å². The van der Waals surface area contributed by atoms with E-state index in [0.29, 0.717) is 11.7 Å². The van der Waals surface area contributed by atoms with E-state index < -0.39 is 8.07 Å². The number of rotatable bonds is 3. The number of hydrogen-bond acceptors (Lipinski definition) is 4. The Kier molecular flexibility index (Phi) is 4.44. The summed E-state index contributed by atoms with van der Waals surface area (Å²) >= 11 is 1.58. The third-order valence-electron chi connectivity index (χ3n) is 5.44. The van der Waals surface area contributed by atoms with Gasteiger partial charge in [0.2, 0.25) is 0 Å². The molecule has 3 aromatic heterocycles. The fourth-order valence-electron chi connectivity index (χ4n) is 3.96. The van der Waals surface area contributed by atoms with Crippen molar-refractivity contribution in [3.05, 3.63) is 36.2 Å². The molecule has 0 spiro atoms. The molecule has 0 aromatic carbocycles. The maximum atomic E-state index is 12.1. The van der Waals surface area contributed by atoms with Gasteiger partial charge < -0.3 is 10.3 Å². The third kappa shape index (κ3) is 3.21. The molecule has 1 fully saturated rings. The van der Waals surface area contributed by atoms with Crippen molar-refractivity contribution in [3.8, 4) is 10.7 Å². The quantitative estimate of drug-likeness (QED) is 0.666. The Hall–Kier alpha value is -1.99. The molecule has 0 saturated carbocycles. The number of aromatic nitrogens is 3. The number of carbonyl (C=O) groups is 1. The molecule has 7 heteroatoms. The molecule has 26 heavy (non-hydrogen) atoms. The fourth-order valence-corrected chi connectivity index (χ4v) is 7.46. The zero-order valence-corrected chi connectivity index (χ0v) is 17.1. The maximum absolute atomic E-state index is 12.1. The molecule has 4 heterocycles. The number of nitrogens with zero attached hydrogens (tertiary/aromatic N) is 3. The molecular formula is C19H24N4OSSi. The van der Waals surface area contributed by atoms with Crippen molar-refractivity contribution in [3.63, 3.8) is 0 Å². The van der Waals surface area contributed by atoms with Gasteiger partial charge in [0.25, 0.3) is 5.91 Å². The highest BCUT2D eigenvalue weighted by Crippen LogP contribution is 2.39. The van der Waals surface area contributed by atoms with Crippen LogP contribution in [0.2, 0.25) is 25.2 Å². The first kappa shape index (κ1) is 17.4. The van der Waals surface area contributed by atoms with Crippen molar-refractivity contribution in [2.24, 2.45) is 5.73 Å². The van der Waals surface area contributed by atoms with Crippen LogP contribution in [0.3, 0.4) is 0 Å². The van der Waals surface area contributed by atoms with Gasteiger partial charge in [-0.15, -0.1) is 11.3 Å². The largest absolute Gasteiger partial charge is 0.364 e. The Morgan fingerprint density at radius 3 is 2.88 bits per heavy atom. The molecule has 1 amide bonds. The number of carbonyl (C=O) groups excluding carboxylic acids is 1. The van der Waals surface area contributed by atoms with E-state index in [1.165, 1.54) is 18.5 Å². The minimum Gasteiger partial charge on any atom is -0.364 e. The highest BCUT2D eigenvalue weighted by atomic mass is 32.1. The summed E-state index contributed by atoms with van der Waals surface area (Å²) in [6, 6.07) is 10.7. The molecule has 5 nitrogen and oxygen atoms in total. The Bertz CT molecular complexity index is 947. The van der Waals surface area contributed by atoms with Crippen molar-refractivity contribution in [2.45, 2.75) is 50.5 Å². The summed E-state index contributed by atoms with van der Waals surface area (Å²) in [5.74, 6) is -0.365. The number of fused-ring (bicyclic) bond motifs is 1. The van der Waals surface area contributed by atoms with Gasteiger partial charge in [-0.05, 0) is 31.0 Å². The second kappa shape index (κ2) is 6.63. The zero-order chi connectivity index (χ0) is 18.3. The first-order valence-electron chi connectivity index (χ1n) is 9.18. The molecule has 4 rings (SSSR count). The summed E-state index contributed by atoms with van der Waals surface area (Å²) < 4.78 is 3.14. The first-order chi connectivity index (χ1) is 12.4. The van der Waals surface area contributed by atoms with Gasteiger partial charge in [0, 0.05) is 20.3 Å². The van der Waals surface area contributed by atoms with E-state index in [4.69, 9.17) is 10.7 Å². The second-order valence-corrected chi connectivity index (χ2v) is 14.3. The molecule has 136 valence electrons. The molecule has 0 bridgehead atoms. The van der Waals surface area contributed by atoms with Crippen LogP contribution in [0.15, 0.2) is 30.5 Å². The lowest BCUT2D eigenvalue weighted by Crippen LogP contribution is -2.24. The molecule has 1 atom stereocenters. The van der Waals surface area contributed by atoms with Crippen molar-refractivity contribution >= 4 is 35.7 Å². The van der Waals surface area contributed by atoms with E-state index in [9.17, 15) is 4.79 Å². The summed E-state index contributed by atoms with van der Waals surface area (Å²) in [5.41, 5.74) is 8.05. The highest BCUT2D eigenvalue weighted by molar-refractivity contribution is 7.21. The molecule has 1 aliphatic heterocycles. The summed E-state index contributed by atoms with van der Waals surface area (Å²) in [6.07, 6.45) is 5.21. The van der Waals surface area contributed by atoms with Crippen LogP contribution in [-0.4, -0.2) is 28.5 Å². The van der Waals surface area contributed by atoms with Gasteiger partial charge in [-0.2, -0.15) is 0 Å². The monoisotopic (exact) mass is 384 g/mol. The Morgan fingerprint density at radius 1 is 1.31 bits per heavy atom. The van der Waals surface area contributed by atoms with E-state index in [1.807, 2.05) is 24.3 Å². The lowest BCUT2D eigenvalue weighted by Gasteiger charge is -2.21. The SMILES string of the molecule is C[Si]1(C)CCCC(n2c(C(N)=O)cc3sc(-c4ccccn4)nc32)CC1. The van der Waals surface area contributed by atoms with Gasteiger partial charge in [0.1, 0.15) is 10.7 Å². The number of nitrogens with two attached hydrogens (primary N) is 1. The summed E-state index contributed by atoms with van der Waals surface area (Å²) in [4.78, 5) is 21.3. The average molecular weight is 385 g/mol. The van der Waals surface area contributed by atoms with Crippen molar-refractivity contribution in [1.29, 1.82) is 0 Å². The minimum atomic E-state index is -1.11. The predicted molar refractivity (Wildman–Crippen MR) is 109 cm³/mol. The lowest BCUT2D eigenvalue weighted by molar-refractivity contribution is 0.0989. The highest BCUT2D eigenvalue weighted by Gasteiger charge is 2.30. The van der Waals surface area contributed by atoms with Gasteiger partial charge in [-0.25, -0.2) is 4.98 Å². The second-order valence-electron chi connectivity index (χ2n) is 7.93. The van der Waals surface area contributed by atoms with E-state index in [2.05, 4.69) is 22.6 Å². The number of pyridine rings is 1. The number of primary amides is 1. The van der Waals surface area contributed by atoms with Crippen LogP contribution < -0.4 is 5.73 Å². The number of thiazole rings is 1. The van der Waals surface area contributed by atoms with Gasteiger partial charge in [-0.3, -0.25) is 9.78 Å². The molecule has 3 aromatic rings. The van der Waals surface area contributed by atoms with Crippen LogP contribution >= 0.6 is 11.3 Å². The van der Waals surface area contributed by atoms with Gasteiger partial charge >= 0.3 is 0 Å². The predicted octanol–water partition coefficient (Wildman–Crippen LogP) is 4.69. The first-order valence-corrected chi connectivity index (χ1v) is 13.4. The van der Waals surface area contributed by atoms with Gasteiger partial charge in [0.15, 0.2) is 5.65 Å². The number of amides is 1. The molecule has 1 aliphatic rings. The van der Waals surface area contributed by atoms with Gasteiger partial charge in [-0.1, -0.05) is 37.7 Å². The minimum absolute atomic E-state index is 0.308. The van der Waals surface area contributed by atoms with Crippen LogP contribution in [0.4, 0.5) is 0 Å². The van der Waals surface area contributed by atoms with E-state index in [-0.39, 0.29) is 5.91 Å². The lowest BCUT2D eigenvalue weighted by atomic mass is 10.1. The number of hydrogen-bond donors (Lipinski definition) is 1. The van der Waals surface area contributed by atoms with Gasteiger partial charge in [0.05, 0.1) is 10.4 Å². The summed E-state index contributed by atoms with van der Waals surface area (Å²) in [5, 5.41) is 0.892. The van der Waals surface area contributed by atoms with E-state index >= 15 is 0 Å². The Morgan fingerprint density at radius 2 is 2.15 bits per heavy atom. The van der Waals surface area contributed by atoms with Crippen molar-refractivity contribution in [1.82, 2.24) is 14.5 Å². The summed E-state index contributed by atoms with van der Waals surface area (Å²) in [7, 11) is -1.11. The molecule has 0 radical (unpaired) electrons. The van der Waals surface area contributed by atoms with Crippen LogP contribution in [0.1, 0.15) is 35.8 Å². The van der Waals surface area contributed by atoms with Crippen LogP contribution in [0, 0.1) is 0 Å². The third-order valence-corrected chi connectivity index (χ3v) is 9.80. The molecule has 1 unspecified atom stereocenters. The van der Waals surface area contributed by atoms with Crippen molar-refractivity contribution in [2.75, 3.05) is 0 Å². The zero-order valence-electron chi connectivity index (χ0n) is 15.2. The molecule has 0 aliphatic carbocycles. The molecular weight excluding hydrogens is 360 g/mol. The topological polar surface area (TPSA) is 73.8 Å². The maximum Gasteiger partial charge on any atom is 0.265 e. The van der Waals surface area contributed by atoms with E-state index in [0.717, 1.165) is 33.9 Å². The smallest absolute Gasteiger partial charge is 0.265 e. The van der Waals surface area contributed by atoms with Crippen LogP contribution in [-0.2, 0) is 0 Å². The standard InChI is InChI=1S/C19H24N4OSSi/c1-26(2)10-5-6-13(8-11-26)23-15(17(20)24)12-16-18(23)22-19(25-16)14-7-3-4-9-21-14/h3-4,7,9,12-13H,5-6,8,10-11H2,1-2H3,(H2,20,24). The Balaban J connectivity index is 1.79. The summed E-state index contributed by atoms with van der Waals surface area (Å²) in [6.45, 7) is 4.94. The van der Waals surface area contributed by atoms with Crippen LogP contribution in [0.5, 0.6) is 0 Å². The average Bonchev–Trinajstić information content (AvgIpc) is 3.11. The fraction of sp³-hybridized carbons (Fsp3) is 0.421. The normalized spacial score (nSPS) is 20.2. The molecule has 2 N–H and O–H groups in total. The van der Waals surface area contributed by atoms with E-state index in [1.54, 1.807) is 17.5 Å². The Labute approximate surface area is 158 Å².